The number of hydrogen-bond donors (Lipinski definition) is 1. The van der Waals surface area contributed by atoms with Crippen LogP contribution in [-0.2, 0) is 0 Å². The Morgan fingerprint density at radius 2 is 2.18 bits per heavy atom. The average Bonchev–Trinajstić information content (AvgIpc) is 2.89. The second kappa shape index (κ2) is 5.84. The molecule has 0 atom stereocenters. The van der Waals surface area contributed by atoms with Crippen molar-refractivity contribution in [3.8, 4) is 0 Å². The molecule has 1 aromatic heterocycles. The summed E-state index contributed by atoms with van der Waals surface area (Å²) in [6, 6.07) is 2.65. The molecule has 2 rings (SSSR count). The Morgan fingerprint density at radius 3 is 2.88 bits per heavy atom. The number of aromatic nitrogens is 2. The lowest BCUT2D eigenvalue weighted by molar-refractivity contribution is 0.646. The first-order valence-electron chi connectivity index (χ1n) is 6.61. The first kappa shape index (κ1) is 12.1. The van der Waals surface area contributed by atoms with Gasteiger partial charge in [-0.25, -0.2) is 4.98 Å². The molecule has 0 saturated heterocycles. The van der Waals surface area contributed by atoms with Gasteiger partial charge in [-0.15, -0.1) is 0 Å². The lowest BCUT2D eigenvalue weighted by atomic mass is 10.2. The minimum Gasteiger partial charge on any atom is -0.357 e. The van der Waals surface area contributed by atoms with Gasteiger partial charge in [0.15, 0.2) is 0 Å². The van der Waals surface area contributed by atoms with Crippen molar-refractivity contribution < 1.29 is 0 Å². The van der Waals surface area contributed by atoms with Crippen molar-refractivity contribution in [3.05, 3.63) is 12.3 Å². The molecular formula is C13H22N4. The molecule has 4 heteroatoms. The van der Waals surface area contributed by atoms with Gasteiger partial charge in [0.25, 0.3) is 0 Å². The molecule has 1 aliphatic rings. The summed E-state index contributed by atoms with van der Waals surface area (Å²) in [5.41, 5.74) is 0. The van der Waals surface area contributed by atoms with Crippen LogP contribution in [0, 0.1) is 0 Å². The van der Waals surface area contributed by atoms with E-state index in [1.807, 2.05) is 12.3 Å². The second-order valence-electron chi connectivity index (χ2n) is 4.71. The van der Waals surface area contributed by atoms with E-state index in [0.717, 1.165) is 24.7 Å². The van der Waals surface area contributed by atoms with Crippen LogP contribution < -0.4 is 10.2 Å². The number of anilines is 2. The number of hydrogen-bond acceptors (Lipinski definition) is 4. The van der Waals surface area contributed by atoms with Gasteiger partial charge >= 0.3 is 0 Å². The zero-order valence-electron chi connectivity index (χ0n) is 10.8. The fourth-order valence-electron chi connectivity index (χ4n) is 2.35. The molecule has 4 nitrogen and oxygen atoms in total. The summed E-state index contributed by atoms with van der Waals surface area (Å²) in [7, 11) is 2.14. The van der Waals surface area contributed by atoms with Gasteiger partial charge in [0.05, 0.1) is 0 Å². The highest BCUT2D eigenvalue weighted by Crippen LogP contribution is 2.25. The third-order valence-corrected chi connectivity index (χ3v) is 3.41. The highest BCUT2D eigenvalue weighted by molar-refractivity contribution is 5.42. The topological polar surface area (TPSA) is 41.1 Å². The summed E-state index contributed by atoms with van der Waals surface area (Å²) >= 11 is 0. The molecule has 94 valence electrons. The molecule has 0 unspecified atom stereocenters. The van der Waals surface area contributed by atoms with Crippen molar-refractivity contribution in [3.63, 3.8) is 0 Å². The summed E-state index contributed by atoms with van der Waals surface area (Å²) < 4.78 is 0. The van der Waals surface area contributed by atoms with Crippen LogP contribution in [0.1, 0.15) is 39.0 Å². The van der Waals surface area contributed by atoms with E-state index in [1.54, 1.807) is 0 Å². The third-order valence-electron chi connectivity index (χ3n) is 3.41. The van der Waals surface area contributed by atoms with Gasteiger partial charge in [-0.05, 0) is 25.3 Å². The van der Waals surface area contributed by atoms with Gasteiger partial charge < -0.3 is 10.2 Å². The van der Waals surface area contributed by atoms with Crippen LogP contribution >= 0.6 is 0 Å². The number of rotatable bonds is 5. The van der Waals surface area contributed by atoms with E-state index in [-0.39, 0.29) is 0 Å². The van der Waals surface area contributed by atoms with Crippen molar-refractivity contribution in [2.45, 2.75) is 45.1 Å². The van der Waals surface area contributed by atoms with Crippen molar-refractivity contribution >= 4 is 11.8 Å². The number of nitrogens with one attached hydrogen (secondary N) is 1. The van der Waals surface area contributed by atoms with Crippen molar-refractivity contribution in [2.24, 2.45) is 0 Å². The quantitative estimate of drug-likeness (QED) is 0.850. The first-order chi connectivity index (χ1) is 8.31. The van der Waals surface area contributed by atoms with Gasteiger partial charge in [-0.1, -0.05) is 19.8 Å². The highest BCUT2D eigenvalue weighted by Gasteiger charge is 2.20. The van der Waals surface area contributed by atoms with E-state index in [4.69, 9.17) is 0 Å². The van der Waals surface area contributed by atoms with Crippen molar-refractivity contribution in [2.75, 3.05) is 23.8 Å². The fraction of sp³-hybridized carbons (Fsp3) is 0.692. The molecular weight excluding hydrogens is 212 g/mol. The monoisotopic (exact) mass is 234 g/mol. The lowest BCUT2D eigenvalue weighted by Gasteiger charge is -2.25. The minimum absolute atomic E-state index is 0.656. The minimum atomic E-state index is 0.656. The SMILES string of the molecule is CCCNc1nccc(N(C)C2CCCC2)n1. The van der Waals surface area contributed by atoms with Crippen LogP contribution in [0.4, 0.5) is 11.8 Å². The maximum Gasteiger partial charge on any atom is 0.224 e. The maximum atomic E-state index is 4.56. The molecule has 1 fully saturated rings. The molecule has 1 aromatic rings. The Hall–Kier alpha value is -1.32. The molecule has 1 saturated carbocycles. The average molecular weight is 234 g/mol. The standard InChI is InChI=1S/C13H22N4/c1-3-9-14-13-15-10-8-12(16-13)17(2)11-6-4-5-7-11/h8,10-11H,3-7,9H2,1-2H3,(H,14,15,16). The zero-order valence-corrected chi connectivity index (χ0v) is 10.8. The van der Waals surface area contributed by atoms with Crippen LogP contribution in [-0.4, -0.2) is 29.6 Å². The van der Waals surface area contributed by atoms with Crippen molar-refractivity contribution in [1.82, 2.24) is 9.97 Å². The van der Waals surface area contributed by atoms with Gasteiger partial charge in [-0.2, -0.15) is 4.98 Å². The van der Waals surface area contributed by atoms with Gasteiger partial charge in [0.1, 0.15) is 5.82 Å². The van der Waals surface area contributed by atoms with E-state index in [1.165, 1.54) is 25.7 Å². The van der Waals surface area contributed by atoms with Gasteiger partial charge in [0.2, 0.25) is 5.95 Å². The Bertz CT molecular complexity index is 347. The molecule has 1 aliphatic carbocycles. The second-order valence-corrected chi connectivity index (χ2v) is 4.71. The Labute approximate surface area is 103 Å². The van der Waals surface area contributed by atoms with Crippen LogP contribution in [0.5, 0.6) is 0 Å². The molecule has 1 heterocycles. The fourth-order valence-corrected chi connectivity index (χ4v) is 2.35. The predicted molar refractivity (Wildman–Crippen MR) is 71.5 cm³/mol. The summed E-state index contributed by atoms with van der Waals surface area (Å²) in [4.78, 5) is 11.1. The summed E-state index contributed by atoms with van der Waals surface area (Å²) in [6.45, 7) is 3.07. The molecule has 0 aliphatic heterocycles. The molecule has 0 spiro atoms. The Balaban J connectivity index is 2.03. The third kappa shape index (κ3) is 3.08. The summed E-state index contributed by atoms with van der Waals surface area (Å²) in [6.07, 6.45) is 8.20. The molecule has 0 radical (unpaired) electrons. The summed E-state index contributed by atoms with van der Waals surface area (Å²) in [5, 5.41) is 3.23. The largest absolute Gasteiger partial charge is 0.357 e. The Morgan fingerprint density at radius 1 is 1.41 bits per heavy atom. The smallest absolute Gasteiger partial charge is 0.224 e. The molecule has 0 aromatic carbocycles. The van der Waals surface area contributed by atoms with Crippen molar-refractivity contribution in [1.29, 1.82) is 0 Å². The molecule has 0 amide bonds. The van der Waals surface area contributed by atoms with E-state index in [2.05, 4.69) is 34.2 Å². The molecule has 17 heavy (non-hydrogen) atoms. The van der Waals surface area contributed by atoms with E-state index < -0.39 is 0 Å². The Kier molecular flexibility index (Phi) is 4.18. The normalized spacial score (nSPS) is 16.1. The zero-order chi connectivity index (χ0) is 12.1. The van der Waals surface area contributed by atoms with Crippen LogP contribution in [0.15, 0.2) is 12.3 Å². The van der Waals surface area contributed by atoms with Gasteiger partial charge in [0, 0.05) is 25.8 Å². The highest BCUT2D eigenvalue weighted by atomic mass is 15.2. The summed E-state index contributed by atoms with van der Waals surface area (Å²) in [5.74, 6) is 1.78. The van der Waals surface area contributed by atoms with E-state index in [9.17, 15) is 0 Å². The van der Waals surface area contributed by atoms with Crippen LogP contribution in [0.2, 0.25) is 0 Å². The lowest BCUT2D eigenvalue weighted by Crippen LogP contribution is -2.29. The molecule has 1 N–H and O–H groups in total. The van der Waals surface area contributed by atoms with Crippen LogP contribution in [0.3, 0.4) is 0 Å². The first-order valence-corrected chi connectivity index (χ1v) is 6.61. The van der Waals surface area contributed by atoms with E-state index >= 15 is 0 Å². The van der Waals surface area contributed by atoms with Gasteiger partial charge in [-0.3, -0.25) is 0 Å². The molecule has 0 bridgehead atoms. The number of nitrogens with zero attached hydrogens (tertiary/aromatic N) is 3. The maximum absolute atomic E-state index is 4.56. The predicted octanol–water partition coefficient (Wildman–Crippen LogP) is 2.68. The van der Waals surface area contributed by atoms with Crippen LogP contribution in [0.25, 0.3) is 0 Å². The van der Waals surface area contributed by atoms with E-state index in [0.29, 0.717) is 6.04 Å².